The Bertz CT molecular complexity index is 573. The van der Waals surface area contributed by atoms with Crippen molar-refractivity contribution in [1.82, 2.24) is 4.90 Å². The SMILES string of the molecule is NC(=O)CN(Cc1ccc(Br)cc1)C(=O)[C@@H]1C[C@@H]1C(=O)O. The number of halogens is 1. The van der Waals surface area contributed by atoms with Gasteiger partial charge in [0.15, 0.2) is 0 Å². The van der Waals surface area contributed by atoms with Crippen molar-refractivity contribution in [2.75, 3.05) is 6.54 Å². The van der Waals surface area contributed by atoms with Crippen LogP contribution >= 0.6 is 15.9 Å². The molecule has 0 spiro atoms. The van der Waals surface area contributed by atoms with E-state index in [4.69, 9.17) is 10.8 Å². The number of nitrogens with two attached hydrogens (primary N) is 1. The van der Waals surface area contributed by atoms with E-state index in [1.165, 1.54) is 4.90 Å². The lowest BCUT2D eigenvalue weighted by Crippen LogP contribution is -2.39. The van der Waals surface area contributed by atoms with Gasteiger partial charge in [-0.15, -0.1) is 0 Å². The Labute approximate surface area is 130 Å². The molecule has 1 fully saturated rings. The highest BCUT2D eigenvalue weighted by molar-refractivity contribution is 9.10. The van der Waals surface area contributed by atoms with Gasteiger partial charge < -0.3 is 15.7 Å². The van der Waals surface area contributed by atoms with Crippen molar-refractivity contribution >= 4 is 33.7 Å². The lowest BCUT2D eigenvalue weighted by Gasteiger charge is -2.21. The monoisotopic (exact) mass is 354 g/mol. The van der Waals surface area contributed by atoms with Gasteiger partial charge in [-0.25, -0.2) is 0 Å². The Morgan fingerprint density at radius 1 is 1.24 bits per heavy atom. The molecular formula is C14H15BrN2O4. The fourth-order valence-corrected chi connectivity index (χ4v) is 2.45. The Hall–Kier alpha value is -1.89. The van der Waals surface area contributed by atoms with Crippen LogP contribution in [-0.2, 0) is 20.9 Å². The maximum Gasteiger partial charge on any atom is 0.307 e. The summed E-state index contributed by atoms with van der Waals surface area (Å²) in [6, 6.07) is 7.32. The van der Waals surface area contributed by atoms with Crippen molar-refractivity contribution in [3.63, 3.8) is 0 Å². The number of carboxylic acid groups (broad SMARTS) is 1. The number of primary amides is 1. The van der Waals surface area contributed by atoms with Gasteiger partial charge in [-0.1, -0.05) is 28.1 Å². The predicted molar refractivity (Wildman–Crippen MR) is 78.0 cm³/mol. The first kappa shape index (κ1) is 15.5. The zero-order chi connectivity index (χ0) is 15.6. The first-order valence-corrected chi connectivity index (χ1v) is 7.22. The molecule has 0 aromatic heterocycles. The molecule has 2 amide bonds. The summed E-state index contributed by atoms with van der Waals surface area (Å²) in [4.78, 5) is 35.6. The molecular weight excluding hydrogens is 340 g/mol. The van der Waals surface area contributed by atoms with Crippen molar-refractivity contribution in [2.24, 2.45) is 17.6 Å². The maximum atomic E-state index is 12.3. The second-order valence-corrected chi connectivity index (χ2v) is 5.99. The molecule has 1 saturated carbocycles. The highest BCUT2D eigenvalue weighted by Gasteiger charge is 2.49. The van der Waals surface area contributed by atoms with Crippen LogP contribution in [0.15, 0.2) is 28.7 Å². The molecule has 21 heavy (non-hydrogen) atoms. The molecule has 6 nitrogen and oxygen atoms in total. The zero-order valence-corrected chi connectivity index (χ0v) is 12.7. The van der Waals surface area contributed by atoms with Gasteiger partial charge >= 0.3 is 5.97 Å². The summed E-state index contributed by atoms with van der Waals surface area (Å²) >= 11 is 3.32. The van der Waals surface area contributed by atoms with Crippen molar-refractivity contribution in [2.45, 2.75) is 13.0 Å². The molecule has 3 N–H and O–H groups in total. The van der Waals surface area contributed by atoms with Crippen LogP contribution in [0.2, 0.25) is 0 Å². The second-order valence-electron chi connectivity index (χ2n) is 5.07. The number of carboxylic acids is 1. The third-order valence-corrected chi connectivity index (χ3v) is 3.90. The van der Waals surface area contributed by atoms with Crippen LogP contribution in [0, 0.1) is 11.8 Å². The third-order valence-electron chi connectivity index (χ3n) is 3.37. The van der Waals surface area contributed by atoms with E-state index in [1.807, 2.05) is 24.3 Å². The van der Waals surface area contributed by atoms with E-state index in [-0.39, 0.29) is 19.0 Å². The fraction of sp³-hybridized carbons (Fsp3) is 0.357. The summed E-state index contributed by atoms with van der Waals surface area (Å²) in [7, 11) is 0. The van der Waals surface area contributed by atoms with Crippen molar-refractivity contribution in [3.05, 3.63) is 34.3 Å². The normalized spacial score (nSPS) is 19.9. The van der Waals surface area contributed by atoms with Gasteiger partial charge in [-0.2, -0.15) is 0 Å². The van der Waals surface area contributed by atoms with Crippen LogP contribution < -0.4 is 5.73 Å². The van der Waals surface area contributed by atoms with Crippen LogP contribution in [-0.4, -0.2) is 34.3 Å². The third kappa shape index (κ3) is 4.04. The van der Waals surface area contributed by atoms with E-state index >= 15 is 0 Å². The van der Waals surface area contributed by atoms with Crippen molar-refractivity contribution < 1.29 is 19.5 Å². The molecule has 1 aromatic rings. The molecule has 7 heteroatoms. The Balaban J connectivity index is 2.07. The molecule has 0 unspecified atom stereocenters. The number of amides is 2. The first-order valence-electron chi connectivity index (χ1n) is 6.43. The maximum absolute atomic E-state index is 12.3. The number of carbonyl (C=O) groups is 3. The average molecular weight is 355 g/mol. The summed E-state index contributed by atoms with van der Waals surface area (Å²) in [5.74, 6) is -3.11. The second kappa shape index (κ2) is 6.26. The molecule has 1 aliphatic carbocycles. The summed E-state index contributed by atoms with van der Waals surface area (Å²) in [6.07, 6.45) is 0.323. The molecule has 0 radical (unpaired) electrons. The quantitative estimate of drug-likeness (QED) is 0.794. The van der Waals surface area contributed by atoms with Crippen molar-refractivity contribution in [1.29, 1.82) is 0 Å². The summed E-state index contributed by atoms with van der Waals surface area (Å²) in [5, 5.41) is 8.89. The van der Waals surface area contributed by atoms with Gasteiger partial charge in [-0.05, 0) is 24.1 Å². The van der Waals surface area contributed by atoms with E-state index < -0.39 is 23.7 Å². The largest absolute Gasteiger partial charge is 0.481 e. The topological polar surface area (TPSA) is 101 Å². The minimum absolute atomic E-state index is 0.211. The Kier molecular flexibility index (Phi) is 4.62. The van der Waals surface area contributed by atoms with Crippen LogP contribution in [0.4, 0.5) is 0 Å². The van der Waals surface area contributed by atoms with Gasteiger partial charge in [0.1, 0.15) is 0 Å². The molecule has 2 atom stereocenters. The van der Waals surface area contributed by atoms with E-state index in [2.05, 4.69) is 15.9 Å². The van der Waals surface area contributed by atoms with Crippen LogP contribution in [0.1, 0.15) is 12.0 Å². The minimum atomic E-state index is -0.976. The van der Waals surface area contributed by atoms with E-state index in [1.54, 1.807) is 0 Å². The molecule has 0 bridgehead atoms. The lowest BCUT2D eigenvalue weighted by atomic mass is 10.2. The number of benzene rings is 1. The number of aliphatic carboxylic acids is 1. The smallest absolute Gasteiger partial charge is 0.307 e. The standard InChI is InChI=1S/C14H15BrN2O4/c15-9-3-1-8(2-4-9)6-17(7-12(16)18)13(19)10-5-11(10)14(20)21/h1-4,10-11H,5-7H2,(H2,16,18)(H,20,21)/t10-,11+/m1/s1. The van der Waals surface area contributed by atoms with Gasteiger partial charge in [0.05, 0.1) is 18.4 Å². The van der Waals surface area contributed by atoms with Gasteiger partial charge in [0.2, 0.25) is 11.8 Å². The number of rotatable bonds is 6. The average Bonchev–Trinajstić information content (AvgIpc) is 3.19. The van der Waals surface area contributed by atoms with Crippen LogP contribution in [0.3, 0.4) is 0 Å². The number of nitrogens with zero attached hydrogens (tertiary/aromatic N) is 1. The highest BCUT2D eigenvalue weighted by atomic mass is 79.9. The van der Waals surface area contributed by atoms with Crippen molar-refractivity contribution in [3.8, 4) is 0 Å². The van der Waals surface area contributed by atoms with E-state index in [9.17, 15) is 14.4 Å². The molecule has 1 aromatic carbocycles. The van der Waals surface area contributed by atoms with Gasteiger partial charge in [0.25, 0.3) is 0 Å². The van der Waals surface area contributed by atoms with Crippen LogP contribution in [0.5, 0.6) is 0 Å². The lowest BCUT2D eigenvalue weighted by molar-refractivity contribution is -0.142. The number of carbonyl (C=O) groups excluding carboxylic acids is 2. The predicted octanol–water partition coefficient (Wildman–Crippen LogP) is 0.984. The molecule has 0 saturated heterocycles. The molecule has 0 heterocycles. The van der Waals surface area contributed by atoms with Crippen LogP contribution in [0.25, 0.3) is 0 Å². The molecule has 0 aliphatic heterocycles. The summed E-state index contributed by atoms with van der Waals surface area (Å²) in [5.41, 5.74) is 6.01. The molecule has 112 valence electrons. The molecule has 1 aliphatic rings. The van der Waals surface area contributed by atoms with Gasteiger partial charge in [-0.3, -0.25) is 14.4 Å². The summed E-state index contributed by atoms with van der Waals surface area (Å²) < 4.78 is 0.909. The first-order chi connectivity index (χ1) is 9.88. The highest BCUT2D eigenvalue weighted by Crippen LogP contribution is 2.40. The fourth-order valence-electron chi connectivity index (χ4n) is 2.19. The van der Waals surface area contributed by atoms with Gasteiger partial charge in [0, 0.05) is 11.0 Å². The van der Waals surface area contributed by atoms with E-state index in [0.717, 1.165) is 10.0 Å². The Morgan fingerprint density at radius 3 is 2.33 bits per heavy atom. The zero-order valence-electron chi connectivity index (χ0n) is 11.2. The van der Waals surface area contributed by atoms with E-state index in [0.29, 0.717) is 6.42 Å². The number of hydrogen-bond acceptors (Lipinski definition) is 3. The Morgan fingerprint density at radius 2 is 1.86 bits per heavy atom. The number of hydrogen-bond donors (Lipinski definition) is 2. The molecule has 2 rings (SSSR count). The summed E-state index contributed by atoms with van der Waals surface area (Å²) in [6.45, 7) is 0.0234. The minimum Gasteiger partial charge on any atom is -0.481 e.